The number of benzene rings is 1. The van der Waals surface area contributed by atoms with Crippen molar-refractivity contribution in [1.82, 2.24) is 5.32 Å². The second kappa shape index (κ2) is 4.87. The average molecular weight is 179 g/mol. The van der Waals surface area contributed by atoms with Gasteiger partial charge in [0.25, 0.3) is 0 Å². The summed E-state index contributed by atoms with van der Waals surface area (Å²) in [7, 11) is 0. The Kier molecular flexibility index (Phi) is 3.77. The molecule has 0 aliphatic rings. The topological polar surface area (TPSA) is 32.3 Å². The minimum Gasteiger partial charge on any atom is -0.508 e. The van der Waals surface area contributed by atoms with Gasteiger partial charge in [-0.05, 0) is 31.0 Å². The molecule has 0 amide bonds. The molecule has 0 aliphatic heterocycles. The lowest BCUT2D eigenvalue weighted by Crippen LogP contribution is -2.24. The molecule has 0 saturated heterocycles. The second-order valence-electron chi connectivity index (χ2n) is 3.36. The SMILES string of the molecule is CC[C@@H](C)NCc1ccc(O)cc1. The van der Waals surface area contributed by atoms with Crippen LogP contribution in [0.1, 0.15) is 25.8 Å². The molecular formula is C11H17NO. The van der Waals surface area contributed by atoms with Gasteiger partial charge in [0.2, 0.25) is 0 Å². The Bertz CT molecular complexity index is 243. The van der Waals surface area contributed by atoms with E-state index in [9.17, 15) is 0 Å². The lowest BCUT2D eigenvalue weighted by molar-refractivity contribution is 0.474. The number of nitrogens with one attached hydrogen (secondary N) is 1. The summed E-state index contributed by atoms with van der Waals surface area (Å²) in [4.78, 5) is 0. The van der Waals surface area contributed by atoms with Crippen LogP contribution in [0.25, 0.3) is 0 Å². The molecule has 0 fully saturated rings. The summed E-state index contributed by atoms with van der Waals surface area (Å²) in [6, 6.07) is 7.85. The van der Waals surface area contributed by atoms with Gasteiger partial charge in [-0.2, -0.15) is 0 Å². The molecule has 1 aromatic carbocycles. The molecule has 1 aromatic rings. The fourth-order valence-electron chi connectivity index (χ4n) is 1.05. The fourth-order valence-corrected chi connectivity index (χ4v) is 1.05. The highest BCUT2D eigenvalue weighted by molar-refractivity contribution is 5.25. The Morgan fingerprint density at radius 3 is 2.46 bits per heavy atom. The fraction of sp³-hybridized carbons (Fsp3) is 0.455. The maximum atomic E-state index is 9.06. The van der Waals surface area contributed by atoms with Crippen LogP contribution in [0.15, 0.2) is 24.3 Å². The van der Waals surface area contributed by atoms with Gasteiger partial charge >= 0.3 is 0 Å². The quantitative estimate of drug-likeness (QED) is 0.743. The average Bonchev–Trinajstić information content (AvgIpc) is 2.16. The molecule has 0 heterocycles. The maximum Gasteiger partial charge on any atom is 0.115 e. The van der Waals surface area contributed by atoms with E-state index >= 15 is 0 Å². The first kappa shape index (κ1) is 10.1. The van der Waals surface area contributed by atoms with Gasteiger partial charge in [-0.15, -0.1) is 0 Å². The van der Waals surface area contributed by atoms with E-state index < -0.39 is 0 Å². The van der Waals surface area contributed by atoms with Crippen molar-refractivity contribution in [3.05, 3.63) is 29.8 Å². The highest BCUT2D eigenvalue weighted by Crippen LogP contribution is 2.09. The van der Waals surface area contributed by atoms with Crippen LogP contribution in [0.4, 0.5) is 0 Å². The molecule has 0 bridgehead atoms. The molecule has 0 aromatic heterocycles. The van der Waals surface area contributed by atoms with Crippen LogP contribution < -0.4 is 5.32 Å². The summed E-state index contributed by atoms with van der Waals surface area (Å²) in [6.07, 6.45) is 1.14. The maximum absolute atomic E-state index is 9.06. The van der Waals surface area contributed by atoms with Gasteiger partial charge in [0, 0.05) is 12.6 Å². The molecule has 0 radical (unpaired) electrons. The normalized spacial score (nSPS) is 12.8. The summed E-state index contributed by atoms with van der Waals surface area (Å²) in [5.41, 5.74) is 1.21. The lowest BCUT2D eigenvalue weighted by Gasteiger charge is -2.10. The molecule has 0 saturated carbocycles. The van der Waals surface area contributed by atoms with E-state index in [1.54, 1.807) is 12.1 Å². The molecule has 72 valence electrons. The minimum atomic E-state index is 0.326. The first-order valence-corrected chi connectivity index (χ1v) is 4.73. The molecule has 0 aliphatic carbocycles. The van der Waals surface area contributed by atoms with Crippen LogP contribution in [0.5, 0.6) is 5.75 Å². The smallest absolute Gasteiger partial charge is 0.115 e. The number of hydrogen-bond acceptors (Lipinski definition) is 2. The summed E-state index contributed by atoms with van der Waals surface area (Å²) in [5, 5.41) is 12.4. The predicted molar refractivity (Wildman–Crippen MR) is 54.7 cm³/mol. The van der Waals surface area contributed by atoms with Crippen LogP contribution in [0.3, 0.4) is 0 Å². The molecule has 2 N–H and O–H groups in total. The van der Waals surface area contributed by atoms with Crippen molar-refractivity contribution >= 4 is 0 Å². The Labute approximate surface area is 79.6 Å². The minimum absolute atomic E-state index is 0.326. The van der Waals surface area contributed by atoms with Crippen LogP contribution >= 0.6 is 0 Å². The third-order valence-corrected chi connectivity index (χ3v) is 2.20. The monoisotopic (exact) mass is 179 g/mol. The summed E-state index contributed by atoms with van der Waals surface area (Å²) in [5.74, 6) is 0.326. The Balaban J connectivity index is 2.41. The summed E-state index contributed by atoms with van der Waals surface area (Å²) < 4.78 is 0. The van der Waals surface area contributed by atoms with Crippen molar-refractivity contribution in [2.75, 3.05) is 0 Å². The van der Waals surface area contributed by atoms with Crippen molar-refractivity contribution in [2.24, 2.45) is 0 Å². The Morgan fingerprint density at radius 1 is 1.31 bits per heavy atom. The van der Waals surface area contributed by atoms with Crippen LogP contribution in [0.2, 0.25) is 0 Å². The van der Waals surface area contributed by atoms with Gasteiger partial charge < -0.3 is 10.4 Å². The lowest BCUT2D eigenvalue weighted by atomic mass is 10.2. The van der Waals surface area contributed by atoms with Crippen LogP contribution in [-0.2, 0) is 6.54 Å². The third-order valence-electron chi connectivity index (χ3n) is 2.20. The molecule has 1 rings (SSSR count). The zero-order chi connectivity index (χ0) is 9.68. The Morgan fingerprint density at radius 2 is 1.92 bits per heavy atom. The third kappa shape index (κ3) is 3.47. The van der Waals surface area contributed by atoms with Crippen LogP contribution in [-0.4, -0.2) is 11.1 Å². The zero-order valence-electron chi connectivity index (χ0n) is 8.25. The molecule has 0 spiro atoms. The molecule has 13 heavy (non-hydrogen) atoms. The highest BCUT2D eigenvalue weighted by atomic mass is 16.3. The number of phenols is 1. The van der Waals surface area contributed by atoms with E-state index in [4.69, 9.17) is 5.11 Å². The van der Waals surface area contributed by atoms with Crippen molar-refractivity contribution in [2.45, 2.75) is 32.9 Å². The predicted octanol–water partition coefficient (Wildman–Crippen LogP) is 2.28. The number of aromatic hydroxyl groups is 1. The van der Waals surface area contributed by atoms with Crippen molar-refractivity contribution in [1.29, 1.82) is 0 Å². The van der Waals surface area contributed by atoms with Gasteiger partial charge in [-0.1, -0.05) is 19.1 Å². The van der Waals surface area contributed by atoms with E-state index in [1.807, 2.05) is 12.1 Å². The van der Waals surface area contributed by atoms with Crippen molar-refractivity contribution in [3.8, 4) is 5.75 Å². The highest BCUT2D eigenvalue weighted by Gasteiger charge is 1.97. The van der Waals surface area contributed by atoms with Gasteiger partial charge in [0.1, 0.15) is 5.75 Å². The number of rotatable bonds is 4. The number of hydrogen-bond donors (Lipinski definition) is 2. The van der Waals surface area contributed by atoms with E-state index in [0.717, 1.165) is 13.0 Å². The van der Waals surface area contributed by atoms with E-state index in [0.29, 0.717) is 11.8 Å². The zero-order valence-corrected chi connectivity index (χ0v) is 8.25. The summed E-state index contributed by atoms with van der Waals surface area (Å²) in [6.45, 7) is 5.20. The van der Waals surface area contributed by atoms with E-state index in [2.05, 4.69) is 19.2 Å². The molecular weight excluding hydrogens is 162 g/mol. The standard InChI is InChI=1S/C11H17NO/c1-3-9(2)12-8-10-4-6-11(13)7-5-10/h4-7,9,12-13H,3,8H2,1-2H3/t9-/m1/s1. The summed E-state index contributed by atoms with van der Waals surface area (Å²) >= 11 is 0. The second-order valence-corrected chi connectivity index (χ2v) is 3.36. The van der Waals surface area contributed by atoms with E-state index in [-0.39, 0.29) is 0 Å². The van der Waals surface area contributed by atoms with Gasteiger partial charge in [-0.3, -0.25) is 0 Å². The van der Waals surface area contributed by atoms with Gasteiger partial charge in [0.15, 0.2) is 0 Å². The van der Waals surface area contributed by atoms with Gasteiger partial charge in [-0.25, -0.2) is 0 Å². The van der Waals surface area contributed by atoms with Gasteiger partial charge in [0.05, 0.1) is 0 Å². The van der Waals surface area contributed by atoms with Crippen molar-refractivity contribution in [3.63, 3.8) is 0 Å². The van der Waals surface area contributed by atoms with Crippen molar-refractivity contribution < 1.29 is 5.11 Å². The Hall–Kier alpha value is -1.02. The largest absolute Gasteiger partial charge is 0.508 e. The van der Waals surface area contributed by atoms with Crippen LogP contribution in [0, 0.1) is 0 Å². The first-order valence-electron chi connectivity index (χ1n) is 4.73. The van der Waals surface area contributed by atoms with E-state index in [1.165, 1.54) is 5.56 Å². The molecule has 1 atom stereocenters. The first-order chi connectivity index (χ1) is 6.22. The molecule has 2 heteroatoms. The molecule has 2 nitrogen and oxygen atoms in total. The number of phenolic OH excluding ortho intramolecular Hbond substituents is 1. The molecule has 0 unspecified atom stereocenters.